The summed E-state index contributed by atoms with van der Waals surface area (Å²) < 4.78 is 27.7. The molecule has 18 nitrogen and oxygen atoms in total. The SMILES string of the molecule is Br.C[C@@H]1C(=O)O[C@H](c2ccccc2)N1C(=O)OCc1ccccc1.Cc1ccccc1-c1ccc(CBr)cn1.Cc1ccccc1-c1ccc(C[C@@]2(C)C(=O)O[C@H](c3ccccc3)N2C(=O)OCc2ccccc2)cn1.Cc1ccccc1-c1ccc(C[C@](C)(NC(=O)OCC2c3ccccc3-c3ccccc32)C(=O)O)cn1. The molecule has 3 aliphatic rings. The van der Waals surface area contributed by atoms with Crippen LogP contribution < -0.4 is 5.32 Å². The van der Waals surface area contributed by atoms with Gasteiger partial charge in [0.15, 0.2) is 0 Å². The van der Waals surface area contributed by atoms with E-state index in [1.54, 1.807) is 26.2 Å². The van der Waals surface area contributed by atoms with Crippen molar-refractivity contribution in [3.63, 3.8) is 0 Å². The molecule has 20 heteroatoms. The lowest BCUT2D eigenvalue weighted by Gasteiger charge is -2.32. The Bertz CT molecular complexity index is 5200. The molecule has 1 aliphatic carbocycles. The number of nitrogens with zero attached hydrogens (tertiary/aromatic N) is 5. The number of rotatable bonds is 18. The zero-order valence-corrected chi connectivity index (χ0v) is 66.6. The monoisotopic (exact) mass is 1640 g/mol. The fourth-order valence-corrected chi connectivity index (χ4v) is 14.0. The van der Waals surface area contributed by atoms with Crippen molar-refractivity contribution < 1.29 is 57.6 Å². The number of fused-ring (bicyclic) bond motifs is 3. The van der Waals surface area contributed by atoms with E-state index in [0.717, 1.165) is 89.2 Å². The van der Waals surface area contributed by atoms with Crippen molar-refractivity contribution in [3.8, 4) is 44.9 Å². The number of carboxylic acids is 1. The van der Waals surface area contributed by atoms with Gasteiger partial charge in [-0.2, -0.15) is 0 Å². The van der Waals surface area contributed by atoms with Crippen molar-refractivity contribution in [1.82, 2.24) is 30.1 Å². The van der Waals surface area contributed by atoms with Gasteiger partial charge in [0.2, 0.25) is 12.5 Å². The maximum atomic E-state index is 13.5. The summed E-state index contributed by atoms with van der Waals surface area (Å²) >= 11 is 3.41. The molecular formula is C93H86Br2N6O12. The normalized spacial score (nSPS) is 16.2. The van der Waals surface area contributed by atoms with Crippen LogP contribution in [0.25, 0.3) is 44.9 Å². The summed E-state index contributed by atoms with van der Waals surface area (Å²) in [5.74, 6) is -2.17. The molecule has 15 rings (SSSR count). The molecule has 2 N–H and O–H groups in total. The fraction of sp³-hybridized carbons (Fsp3) is 0.194. The first-order chi connectivity index (χ1) is 54.3. The van der Waals surface area contributed by atoms with Crippen molar-refractivity contribution in [1.29, 1.82) is 0 Å². The average Bonchev–Trinajstić information content (AvgIpc) is 1.62. The predicted molar refractivity (Wildman–Crippen MR) is 443 cm³/mol. The van der Waals surface area contributed by atoms with Crippen LogP contribution in [0.5, 0.6) is 0 Å². The smallest absolute Gasteiger partial charge is 0.414 e. The van der Waals surface area contributed by atoms with Crippen LogP contribution in [-0.2, 0) is 69.5 Å². The summed E-state index contributed by atoms with van der Waals surface area (Å²) in [4.78, 5) is 92.5. The molecule has 3 amide bonds. The topological polar surface area (TPSA) is 226 Å². The number of esters is 2. The van der Waals surface area contributed by atoms with E-state index in [1.165, 1.54) is 33.4 Å². The molecule has 12 aromatic rings. The Balaban J connectivity index is 0.000000156. The first-order valence-corrected chi connectivity index (χ1v) is 37.9. The van der Waals surface area contributed by atoms with Crippen LogP contribution in [0.4, 0.5) is 14.4 Å². The Kier molecular flexibility index (Phi) is 27.5. The highest BCUT2D eigenvalue weighted by molar-refractivity contribution is 9.08. The number of alkyl carbamates (subject to hydrolysis) is 1. The summed E-state index contributed by atoms with van der Waals surface area (Å²) in [6, 6.07) is 88.7. The summed E-state index contributed by atoms with van der Waals surface area (Å²) in [6.45, 7) is 11.4. The minimum absolute atomic E-state index is 0. The van der Waals surface area contributed by atoms with E-state index < -0.39 is 65.8 Å². The van der Waals surface area contributed by atoms with Crippen molar-refractivity contribution >= 4 is 69.1 Å². The van der Waals surface area contributed by atoms with Crippen LogP contribution in [0, 0.1) is 20.8 Å². The zero-order valence-electron chi connectivity index (χ0n) is 63.3. The van der Waals surface area contributed by atoms with Gasteiger partial charge in [0.05, 0.1) is 17.1 Å². The lowest BCUT2D eigenvalue weighted by atomic mass is 9.92. The fourth-order valence-electron chi connectivity index (χ4n) is 13.7. The Hall–Kier alpha value is -12.4. The average molecular weight is 1640 g/mol. The van der Waals surface area contributed by atoms with Crippen LogP contribution in [-0.4, -0.2) is 89.8 Å². The molecule has 2 aliphatic heterocycles. The molecule has 2 saturated heterocycles. The molecule has 2 fully saturated rings. The van der Waals surface area contributed by atoms with Gasteiger partial charge in [0.25, 0.3) is 0 Å². The van der Waals surface area contributed by atoms with Gasteiger partial charge in [-0.1, -0.05) is 277 Å². The number of amides is 3. The number of carboxylic acid groups (broad SMARTS) is 1. The van der Waals surface area contributed by atoms with Crippen molar-refractivity contribution in [2.24, 2.45) is 0 Å². The second kappa shape index (κ2) is 38.0. The van der Waals surface area contributed by atoms with Gasteiger partial charge in [-0.15, -0.1) is 17.0 Å². The molecule has 574 valence electrons. The number of nitrogens with one attached hydrogen (secondary N) is 1. The molecular weight excluding hydrogens is 1550 g/mol. The van der Waals surface area contributed by atoms with Gasteiger partial charge in [0.1, 0.15) is 36.9 Å². The molecule has 5 atom stereocenters. The predicted octanol–water partition coefficient (Wildman–Crippen LogP) is 20.0. The van der Waals surface area contributed by atoms with Crippen LogP contribution in [0.1, 0.15) is 106 Å². The van der Waals surface area contributed by atoms with Crippen LogP contribution >= 0.6 is 32.9 Å². The highest BCUT2D eigenvalue weighted by atomic mass is 79.9. The zero-order chi connectivity index (χ0) is 78.7. The molecule has 0 saturated carbocycles. The third-order valence-corrected chi connectivity index (χ3v) is 20.5. The summed E-state index contributed by atoms with van der Waals surface area (Å²) in [6.07, 6.45) is 2.03. The number of pyridine rings is 3. The number of carbonyl (C=O) groups excluding carboxylic acids is 5. The maximum absolute atomic E-state index is 13.5. The number of alkyl halides is 1. The molecule has 5 heterocycles. The number of ether oxygens (including phenoxy) is 5. The maximum Gasteiger partial charge on any atom is 0.414 e. The second-order valence-electron chi connectivity index (χ2n) is 27.9. The lowest BCUT2D eigenvalue weighted by Crippen LogP contribution is -2.54. The Labute approximate surface area is 676 Å². The number of aryl methyl sites for hydroxylation is 3. The van der Waals surface area contributed by atoms with Gasteiger partial charge in [0, 0.05) is 70.5 Å². The van der Waals surface area contributed by atoms with Gasteiger partial charge in [-0.3, -0.25) is 24.8 Å². The molecule has 113 heavy (non-hydrogen) atoms. The largest absolute Gasteiger partial charge is 0.480 e. The van der Waals surface area contributed by atoms with Gasteiger partial charge >= 0.3 is 36.2 Å². The van der Waals surface area contributed by atoms with Crippen molar-refractivity contribution in [3.05, 3.63) is 364 Å². The third-order valence-electron chi connectivity index (χ3n) is 19.8. The number of aliphatic carboxylic acids is 1. The molecule has 0 radical (unpaired) electrons. The van der Waals surface area contributed by atoms with Crippen molar-refractivity contribution in [2.75, 3.05) is 6.61 Å². The number of hydrogen-bond acceptors (Lipinski definition) is 14. The van der Waals surface area contributed by atoms with Crippen molar-refractivity contribution in [2.45, 2.75) is 108 Å². The van der Waals surface area contributed by atoms with E-state index >= 15 is 0 Å². The summed E-state index contributed by atoms with van der Waals surface area (Å²) in [5.41, 5.74) is 17.0. The number of hydrogen-bond donors (Lipinski definition) is 2. The minimum atomic E-state index is -1.56. The van der Waals surface area contributed by atoms with E-state index in [1.807, 2.05) is 263 Å². The molecule has 0 bridgehead atoms. The van der Waals surface area contributed by atoms with Crippen LogP contribution in [0.15, 0.2) is 298 Å². The van der Waals surface area contributed by atoms with E-state index in [9.17, 15) is 33.9 Å². The van der Waals surface area contributed by atoms with Gasteiger partial charge in [-0.05, 0) is 127 Å². The quantitative estimate of drug-likeness (QED) is 0.0463. The number of carbonyl (C=O) groups is 6. The molecule has 0 spiro atoms. The molecule has 3 aromatic heterocycles. The molecule has 9 aromatic carbocycles. The second-order valence-corrected chi connectivity index (χ2v) is 28.4. The Morgan fingerprint density at radius 1 is 0.487 bits per heavy atom. The van der Waals surface area contributed by atoms with Gasteiger partial charge in [-0.25, -0.2) is 28.8 Å². The number of aromatic nitrogens is 3. The summed E-state index contributed by atoms with van der Waals surface area (Å²) in [7, 11) is 0. The Morgan fingerprint density at radius 2 is 0.885 bits per heavy atom. The molecule has 0 unspecified atom stereocenters. The number of benzene rings is 9. The highest BCUT2D eigenvalue weighted by Gasteiger charge is 2.56. The van der Waals surface area contributed by atoms with E-state index in [4.69, 9.17) is 23.7 Å². The number of halogens is 2. The standard InChI is InChI=1S/2C31H28N2O4.C18H17NO4.C13H12BrN.BrH/c1-22-11-9-10-16-26(22)27-18-17-24(20-32-27)19-31(2)29(34)37-28(25-14-7-4-8-15-25)33(31)30(35)36-21-23-12-5-3-6-13-23;1-20-9-3-4-10-22(20)28-16-15-21(18-32-28)17-31(2,29(34)35)33-30(36)37-19-27-25-13-7-5-11-23(25)24-12-6-8-14-26(24)27;1-13-17(20)23-16(15-10-6-3-7-11-15)19(13)18(21)22-12-14-8-4-2-5-9-14;1-10-4-2-3-5-12(10)13-7-6-11(8-14)9-15-13;/h3-18,20,28H,19,21H2,1-2H3;3-16,18,27H,17,19H2,1-2H3,(H,33,36)(H,34,35);2-11,13,16H,12H2,1H3;2-7,9H,8H2,1H3;1H/t28-,31+;31-;13-,16-;;/m101../s1. The summed E-state index contributed by atoms with van der Waals surface area (Å²) in [5, 5.41) is 13.4. The van der Waals surface area contributed by atoms with E-state index in [2.05, 4.69) is 79.5 Å². The van der Waals surface area contributed by atoms with Crippen LogP contribution in [0.3, 0.4) is 0 Å². The lowest BCUT2D eigenvalue weighted by molar-refractivity contribution is -0.145. The van der Waals surface area contributed by atoms with Crippen LogP contribution in [0.2, 0.25) is 0 Å². The Morgan fingerprint density at radius 3 is 1.32 bits per heavy atom. The third kappa shape index (κ3) is 19.9. The number of cyclic esters (lactones) is 2. The highest BCUT2D eigenvalue weighted by Crippen LogP contribution is 2.45. The minimum Gasteiger partial charge on any atom is -0.480 e. The van der Waals surface area contributed by atoms with Gasteiger partial charge < -0.3 is 34.1 Å². The van der Waals surface area contributed by atoms with E-state index in [-0.39, 0.29) is 55.6 Å². The first kappa shape index (κ1) is 81.6. The van der Waals surface area contributed by atoms with E-state index in [0.29, 0.717) is 11.1 Å². The first-order valence-electron chi connectivity index (χ1n) is 36.7.